The first kappa shape index (κ1) is 12.7. The van der Waals surface area contributed by atoms with Gasteiger partial charge in [0, 0.05) is 23.8 Å². The molecule has 1 N–H and O–H groups in total. The summed E-state index contributed by atoms with van der Waals surface area (Å²) in [6, 6.07) is 2.18. The standard InChI is InChI=1S/C13H19BrN2O/c1-8-4-5-11(9(8)2)15-13(17)12-6-10(14)7-16(12)3/h6-9,11H,4-5H2,1-3H3,(H,15,17). The first-order valence-electron chi connectivity index (χ1n) is 6.11. The molecule has 1 saturated carbocycles. The Morgan fingerprint density at radius 2 is 2.18 bits per heavy atom. The highest BCUT2D eigenvalue weighted by molar-refractivity contribution is 9.10. The topological polar surface area (TPSA) is 34.0 Å². The van der Waals surface area contributed by atoms with E-state index >= 15 is 0 Å². The van der Waals surface area contributed by atoms with E-state index in [2.05, 4.69) is 35.1 Å². The van der Waals surface area contributed by atoms with E-state index in [0.717, 1.165) is 10.9 Å². The van der Waals surface area contributed by atoms with E-state index in [1.54, 1.807) is 0 Å². The third kappa shape index (κ3) is 2.57. The Balaban J connectivity index is 2.05. The Morgan fingerprint density at radius 1 is 1.47 bits per heavy atom. The van der Waals surface area contributed by atoms with Crippen molar-refractivity contribution in [2.45, 2.75) is 32.7 Å². The number of amides is 1. The normalized spacial score (nSPS) is 28.4. The molecule has 0 aliphatic heterocycles. The highest BCUT2D eigenvalue weighted by Crippen LogP contribution is 2.31. The number of rotatable bonds is 2. The van der Waals surface area contributed by atoms with Gasteiger partial charge in [-0.25, -0.2) is 0 Å². The second kappa shape index (κ2) is 4.84. The maximum Gasteiger partial charge on any atom is 0.268 e. The van der Waals surface area contributed by atoms with Crippen molar-refractivity contribution in [1.29, 1.82) is 0 Å². The van der Waals surface area contributed by atoms with Crippen LogP contribution >= 0.6 is 15.9 Å². The fourth-order valence-corrected chi connectivity index (χ4v) is 3.08. The minimum atomic E-state index is 0.0316. The summed E-state index contributed by atoms with van der Waals surface area (Å²) in [5.74, 6) is 1.31. The van der Waals surface area contributed by atoms with Crippen molar-refractivity contribution in [2.75, 3.05) is 0 Å². The molecule has 1 fully saturated rings. The van der Waals surface area contributed by atoms with Gasteiger partial charge in [0.2, 0.25) is 0 Å². The molecule has 17 heavy (non-hydrogen) atoms. The van der Waals surface area contributed by atoms with Crippen LogP contribution in [0.25, 0.3) is 0 Å². The second-order valence-electron chi connectivity index (χ2n) is 5.15. The van der Waals surface area contributed by atoms with Crippen LogP contribution in [0.15, 0.2) is 16.7 Å². The van der Waals surface area contributed by atoms with Crippen LogP contribution in [0.5, 0.6) is 0 Å². The van der Waals surface area contributed by atoms with E-state index in [0.29, 0.717) is 23.6 Å². The lowest BCUT2D eigenvalue weighted by Crippen LogP contribution is -2.38. The highest BCUT2D eigenvalue weighted by Gasteiger charge is 2.31. The number of aromatic nitrogens is 1. The Bertz CT molecular complexity index is 427. The van der Waals surface area contributed by atoms with Gasteiger partial charge < -0.3 is 9.88 Å². The number of carbonyl (C=O) groups is 1. The summed E-state index contributed by atoms with van der Waals surface area (Å²) in [4.78, 5) is 12.1. The molecule has 1 heterocycles. The molecule has 3 nitrogen and oxygen atoms in total. The molecule has 1 aromatic heterocycles. The van der Waals surface area contributed by atoms with Gasteiger partial charge in [-0.15, -0.1) is 0 Å². The molecular weight excluding hydrogens is 280 g/mol. The third-order valence-corrected chi connectivity index (χ3v) is 4.42. The second-order valence-corrected chi connectivity index (χ2v) is 6.06. The lowest BCUT2D eigenvalue weighted by molar-refractivity contribution is 0.0919. The summed E-state index contributed by atoms with van der Waals surface area (Å²) in [7, 11) is 1.89. The van der Waals surface area contributed by atoms with Gasteiger partial charge in [-0.1, -0.05) is 13.8 Å². The molecule has 2 rings (SSSR count). The Labute approximate surface area is 111 Å². The molecule has 1 aliphatic rings. The van der Waals surface area contributed by atoms with Gasteiger partial charge in [0.15, 0.2) is 0 Å². The van der Waals surface area contributed by atoms with Crippen LogP contribution in [0.4, 0.5) is 0 Å². The molecular formula is C13H19BrN2O. The lowest BCUT2D eigenvalue weighted by atomic mass is 9.98. The monoisotopic (exact) mass is 298 g/mol. The molecule has 0 saturated heterocycles. The SMILES string of the molecule is CC1CCC(NC(=O)c2cc(Br)cn2C)C1C. The maximum atomic E-state index is 12.1. The van der Waals surface area contributed by atoms with Gasteiger partial charge in [-0.2, -0.15) is 0 Å². The van der Waals surface area contributed by atoms with Crippen molar-refractivity contribution < 1.29 is 4.79 Å². The number of nitrogens with one attached hydrogen (secondary N) is 1. The molecule has 4 heteroatoms. The summed E-state index contributed by atoms with van der Waals surface area (Å²) in [6.45, 7) is 4.49. The Hall–Kier alpha value is -0.770. The number of aryl methyl sites for hydroxylation is 1. The van der Waals surface area contributed by atoms with E-state index in [1.807, 2.05) is 23.9 Å². The van der Waals surface area contributed by atoms with E-state index < -0.39 is 0 Å². The van der Waals surface area contributed by atoms with E-state index in [1.165, 1.54) is 6.42 Å². The van der Waals surface area contributed by atoms with Crippen LogP contribution in [0.3, 0.4) is 0 Å². The van der Waals surface area contributed by atoms with Crippen LogP contribution in [-0.2, 0) is 7.05 Å². The third-order valence-electron chi connectivity index (χ3n) is 3.99. The quantitative estimate of drug-likeness (QED) is 0.895. The molecule has 0 radical (unpaired) electrons. The van der Waals surface area contributed by atoms with Crippen molar-refractivity contribution in [3.8, 4) is 0 Å². The molecule has 1 aromatic rings. The highest BCUT2D eigenvalue weighted by atomic mass is 79.9. The van der Waals surface area contributed by atoms with Crippen molar-refractivity contribution in [1.82, 2.24) is 9.88 Å². The van der Waals surface area contributed by atoms with Crippen molar-refractivity contribution in [2.24, 2.45) is 18.9 Å². The van der Waals surface area contributed by atoms with E-state index in [-0.39, 0.29) is 5.91 Å². The molecule has 0 aromatic carbocycles. The van der Waals surface area contributed by atoms with Gasteiger partial charge in [0.25, 0.3) is 5.91 Å². The molecule has 0 spiro atoms. The Kier molecular flexibility index (Phi) is 3.61. The maximum absolute atomic E-state index is 12.1. The summed E-state index contributed by atoms with van der Waals surface area (Å²) in [6.07, 6.45) is 4.21. The van der Waals surface area contributed by atoms with Gasteiger partial charge >= 0.3 is 0 Å². The van der Waals surface area contributed by atoms with Crippen molar-refractivity contribution >= 4 is 21.8 Å². The van der Waals surface area contributed by atoms with Crippen LogP contribution < -0.4 is 5.32 Å². The molecule has 1 aliphatic carbocycles. The predicted octanol–water partition coefficient (Wildman–Crippen LogP) is 2.95. The number of carbonyl (C=O) groups excluding carboxylic acids is 1. The number of nitrogens with zero attached hydrogens (tertiary/aromatic N) is 1. The summed E-state index contributed by atoms with van der Waals surface area (Å²) in [5.41, 5.74) is 0.712. The van der Waals surface area contributed by atoms with Gasteiger partial charge in [0.1, 0.15) is 5.69 Å². The average molecular weight is 299 g/mol. The van der Waals surface area contributed by atoms with Crippen LogP contribution in [0.1, 0.15) is 37.2 Å². The summed E-state index contributed by atoms with van der Waals surface area (Å²) < 4.78 is 2.79. The first-order chi connectivity index (χ1) is 7.99. The zero-order chi connectivity index (χ0) is 12.6. The minimum absolute atomic E-state index is 0.0316. The summed E-state index contributed by atoms with van der Waals surface area (Å²) >= 11 is 3.38. The molecule has 0 bridgehead atoms. The van der Waals surface area contributed by atoms with Crippen LogP contribution in [0, 0.1) is 11.8 Å². The van der Waals surface area contributed by atoms with Gasteiger partial charge in [-0.3, -0.25) is 4.79 Å². The van der Waals surface area contributed by atoms with E-state index in [9.17, 15) is 4.79 Å². The molecule has 3 unspecified atom stereocenters. The first-order valence-corrected chi connectivity index (χ1v) is 6.91. The molecule has 94 valence electrons. The summed E-state index contributed by atoms with van der Waals surface area (Å²) in [5, 5.41) is 3.15. The van der Waals surface area contributed by atoms with Gasteiger partial charge in [0.05, 0.1) is 0 Å². The van der Waals surface area contributed by atoms with Gasteiger partial charge in [-0.05, 0) is 46.7 Å². The average Bonchev–Trinajstić information content (AvgIpc) is 2.75. The zero-order valence-corrected chi connectivity index (χ0v) is 12.1. The molecule has 1 amide bonds. The zero-order valence-electron chi connectivity index (χ0n) is 10.5. The fraction of sp³-hybridized carbons (Fsp3) is 0.615. The largest absolute Gasteiger partial charge is 0.348 e. The predicted molar refractivity (Wildman–Crippen MR) is 71.9 cm³/mol. The van der Waals surface area contributed by atoms with Crippen molar-refractivity contribution in [3.05, 3.63) is 22.4 Å². The molecule has 3 atom stereocenters. The number of halogens is 1. The minimum Gasteiger partial charge on any atom is -0.348 e. The van der Waals surface area contributed by atoms with Crippen molar-refractivity contribution in [3.63, 3.8) is 0 Å². The smallest absolute Gasteiger partial charge is 0.268 e. The van der Waals surface area contributed by atoms with Crippen LogP contribution in [-0.4, -0.2) is 16.5 Å². The van der Waals surface area contributed by atoms with E-state index in [4.69, 9.17) is 0 Å². The fourth-order valence-electron chi connectivity index (χ4n) is 2.56. The number of hydrogen-bond acceptors (Lipinski definition) is 1. The van der Waals surface area contributed by atoms with Crippen LogP contribution in [0.2, 0.25) is 0 Å². The number of hydrogen-bond donors (Lipinski definition) is 1. The Morgan fingerprint density at radius 3 is 2.65 bits per heavy atom. The lowest BCUT2D eigenvalue weighted by Gasteiger charge is -2.19.